The van der Waals surface area contributed by atoms with E-state index in [1.165, 1.54) is 18.9 Å². The van der Waals surface area contributed by atoms with Crippen molar-refractivity contribution in [3.8, 4) is 17.2 Å². The fourth-order valence-electron chi connectivity index (χ4n) is 3.13. The first-order chi connectivity index (χ1) is 15.2. The maximum atomic E-state index is 11.9. The Bertz CT molecular complexity index is 622. The molecule has 0 bridgehead atoms. The van der Waals surface area contributed by atoms with Crippen LogP contribution in [-0.2, 0) is 9.53 Å². The third-order valence-electron chi connectivity index (χ3n) is 4.85. The van der Waals surface area contributed by atoms with Gasteiger partial charge in [-0.25, -0.2) is 4.79 Å². The van der Waals surface area contributed by atoms with Gasteiger partial charge in [0.2, 0.25) is 5.75 Å². The predicted molar refractivity (Wildman–Crippen MR) is 123 cm³/mol. The molecule has 0 heterocycles. The Balaban J connectivity index is 2.16. The van der Waals surface area contributed by atoms with Gasteiger partial charge in [0.05, 0.1) is 27.9 Å². The maximum absolute atomic E-state index is 11.9. The molecule has 0 radical (unpaired) electrons. The molecule has 1 rings (SSSR count). The summed E-state index contributed by atoms with van der Waals surface area (Å²) in [6.07, 6.45) is 11.6. The number of benzene rings is 1. The third-order valence-corrected chi connectivity index (χ3v) is 4.85. The Labute approximate surface area is 186 Å². The van der Waals surface area contributed by atoms with Crippen molar-refractivity contribution in [2.75, 3.05) is 47.6 Å². The zero-order valence-electron chi connectivity index (χ0n) is 19.3. The molecule has 176 valence electrons. The SMILES string of the molecule is COc1cc(/C=C/C(=O)OCCCCCCNCCCCCCO)cc(OC)c1OC. The molecule has 0 aromatic heterocycles. The molecular weight excluding hydrogens is 398 g/mol. The molecule has 0 aliphatic carbocycles. The number of ether oxygens (including phenoxy) is 4. The largest absolute Gasteiger partial charge is 0.493 e. The van der Waals surface area contributed by atoms with Crippen molar-refractivity contribution in [1.82, 2.24) is 5.32 Å². The topological polar surface area (TPSA) is 86.3 Å². The lowest BCUT2D eigenvalue weighted by Crippen LogP contribution is -2.16. The van der Waals surface area contributed by atoms with E-state index < -0.39 is 0 Å². The summed E-state index contributed by atoms with van der Waals surface area (Å²) in [5, 5.41) is 12.2. The van der Waals surface area contributed by atoms with E-state index >= 15 is 0 Å². The van der Waals surface area contributed by atoms with Crippen LogP contribution in [0.15, 0.2) is 18.2 Å². The van der Waals surface area contributed by atoms with Gasteiger partial charge in [-0.2, -0.15) is 0 Å². The number of methoxy groups -OCH3 is 3. The van der Waals surface area contributed by atoms with E-state index in [1.807, 2.05) is 0 Å². The highest BCUT2D eigenvalue weighted by Crippen LogP contribution is 2.38. The number of aliphatic hydroxyl groups excluding tert-OH is 1. The van der Waals surface area contributed by atoms with Crippen LogP contribution in [0.25, 0.3) is 6.08 Å². The Hall–Kier alpha value is -2.25. The van der Waals surface area contributed by atoms with Crippen molar-refractivity contribution in [2.45, 2.75) is 51.4 Å². The molecule has 1 aromatic carbocycles. The molecule has 7 nitrogen and oxygen atoms in total. The van der Waals surface area contributed by atoms with Crippen LogP contribution in [0.4, 0.5) is 0 Å². The molecule has 0 aliphatic rings. The van der Waals surface area contributed by atoms with E-state index in [0.717, 1.165) is 57.2 Å². The number of hydrogen-bond acceptors (Lipinski definition) is 7. The molecule has 0 atom stereocenters. The smallest absolute Gasteiger partial charge is 0.330 e. The van der Waals surface area contributed by atoms with Crippen LogP contribution in [0.3, 0.4) is 0 Å². The average molecular weight is 438 g/mol. The van der Waals surface area contributed by atoms with Crippen LogP contribution in [0.5, 0.6) is 17.2 Å². The Kier molecular flexibility index (Phi) is 15.1. The summed E-state index contributed by atoms with van der Waals surface area (Å²) < 4.78 is 21.2. The first-order valence-electron chi connectivity index (χ1n) is 11.1. The lowest BCUT2D eigenvalue weighted by Gasteiger charge is -2.12. The normalized spacial score (nSPS) is 11.0. The summed E-state index contributed by atoms with van der Waals surface area (Å²) >= 11 is 0. The molecule has 1 aromatic rings. The van der Waals surface area contributed by atoms with Gasteiger partial charge in [-0.05, 0) is 62.5 Å². The Morgan fingerprint density at radius 3 is 2.00 bits per heavy atom. The number of rotatable bonds is 18. The molecule has 0 unspecified atom stereocenters. The van der Waals surface area contributed by atoms with Crippen LogP contribution in [0.1, 0.15) is 56.9 Å². The van der Waals surface area contributed by atoms with E-state index in [0.29, 0.717) is 30.5 Å². The van der Waals surface area contributed by atoms with E-state index in [1.54, 1.807) is 39.5 Å². The molecule has 0 saturated carbocycles. The minimum atomic E-state index is -0.364. The van der Waals surface area contributed by atoms with Crippen molar-refractivity contribution in [3.05, 3.63) is 23.8 Å². The number of hydrogen-bond donors (Lipinski definition) is 2. The molecular formula is C24H39NO6. The number of aliphatic hydroxyl groups is 1. The summed E-state index contributed by atoms with van der Waals surface area (Å²) in [5.41, 5.74) is 0.757. The summed E-state index contributed by atoms with van der Waals surface area (Å²) in [6.45, 7) is 2.79. The van der Waals surface area contributed by atoms with Gasteiger partial charge in [-0.3, -0.25) is 0 Å². The first-order valence-corrected chi connectivity index (χ1v) is 11.1. The standard InChI is InChI=1S/C24H39NO6/c1-28-21-18-20(19-22(29-2)24(21)30-3)12-13-23(27)31-17-11-7-5-9-15-25-14-8-4-6-10-16-26/h12-13,18-19,25-26H,4-11,14-17H2,1-3H3/b13-12+. The highest BCUT2D eigenvalue weighted by molar-refractivity contribution is 5.87. The Morgan fingerprint density at radius 1 is 0.871 bits per heavy atom. The quantitative estimate of drug-likeness (QED) is 0.204. The summed E-state index contributed by atoms with van der Waals surface area (Å²) in [4.78, 5) is 11.9. The van der Waals surface area contributed by atoms with Crippen LogP contribution in [0.2, 0.25) is 0 Å². The third kappa shape index (κ3) is 11.6. The number of unbranched alkanes of at least 4 members (excludes halogenated alkanes) is 6. The van der Waals surface area contributed by atoms with E-state index in [4.69, 9.17) is 24.1 Å². The molecule has 7 heteroatoms. The van der Waals surface area contributed by atoms with Gasteiger partial charge in [0.25, 0.3) is 0 Å². The predicted octanol–water partition coefficient (Wildman–Crippen LogP) is 3.97. The van der Waals surface area contributed by atoms with Crippen LogP contribution in [-0.4, -0.2) is 58.7 Å². The van der Waals surface area contributed by atoms with Gasteiger partial charge in [0.1, 0.15) is 0 Å². The highest BCUT2D eigenvalue weighted by Gasteiger charge is 2.12. The van der Waals surface area contributed by atoms with Gasteiger partial charge < -0.3 is 29.4 Å². The van der Waals surface area contributed by atoms with Crippen molar-refractivity contribution < 1.29 is 28.8 Å². The summed E-state index contributed by atoms with van der Waals surface area (Å²) in [7, 11) is 4.65. The van der Waals surface area contributed by atoms with Crippen molar-refractivity contribution in [2.24, 2.45) is 0 Å². The van der Waals surface area contributed by atoms with E-state index in [-0.39, 0.29) is 5.97 Å². The zero-order valence-corrected chi connectivity index (χ0v) is 19.3. The van der Waals surface area contributed by atoms with Gasteiger partial charge >= 0.3 is 5.97 Å². The summed E-state index contributed by atoms with van der Waals surface area (Å²) in [6, 6.07) is 3.54. The molecule has 0 amide bonds. The molecule has 0 aliphatic heterocycles. The van der Waals surface area contributed by atoms with Crippen molar-refractivity contribution in [1.29, 1.82) is 0 Å². The second-order valence-corrected chi connectivity index (χ2v) is 7.26. The first kappa shape index (κ1) is 26.8. The van der Waals surface area contributed by atoms with Crippen LogP contribution >= 0.6 is 0 Å². The van der Waals surface area contributed by atoms with Crippen molar-refractivity contribution in [3.63, 3.8) is 0 Å². The van der Waals surface area contributed by atoms with Crippen molar-refractivity contribution >= 4 is 12.0 Å². The molecule has 0 fully saturated rings. The monoisotopic (exact) mass is 437 g/mol. The number of nitrogens with one attached hydrogen (secondary N) is 1. The molecule has 31 heavy (non-hydrogen) atoms. The minimum absolute atomic E-state index is 0.298. The van der Waals surface area contributed by atoms with Gasteiger partial charge in [-0.15, -0.1) is 0 Å². The van der Waals surface area contributed by atoms with Gasteiger partial charge in [-0.1, -0.05) is 25.7 Å². The maximum Gasteiger partial charge on any atom is 0.330 e. The fourth-order valence-corrected chi connectivity index (χ4v) is 3.13. The number of esters is 1. The zero-order chi connectivity index (χ0) is 22.7. The number of carbonyl (C=O) groups is 1. The van der Waals surface area contributed by atoms with Gasteiger partial charge in [0, 0.05) is 12.7 Å². The molecule has 2 N–H and O–H groups in total. The molecule has 0 spiro atoms. The second-order valence-electron chi connectivity index (χ2n) is 7.26. The lowest BCUT2D eigenvalue weighted by molar-refractivity contribution is -0.137. The molecule has 0 saturated heterocycles. The average Bonchev–Trinajstić information content (AvgIpc) is 2.79. The van der Waals surface area contributed by atoms with Crippen LogP contribution in [0, 0.1) is 0 Å². The van der Waals surface area contributed by atoms with Gasteiger partial charge in [0.15, 0.2) is 11.5 Å². The lowest BCUT2D eigenvalue weighted by atomic mass is 10.1. The minimum Gasteiger partial charge on any atom is -0.493 e. The second kappa shape index (κ2) is 17.4. The Morgan fingerprint density at radius 2 is 1.45 bits per heavy atom. The fraction of sp³-hybridized carbons (Fsp3) is 0.625. The van der Waals surface area contributed by atoms with Crippen LogP contribution < -0.4 is 19.5 Å². The van der Waals surface area contributed by atoms with E-state index in [9.17, 15) is 4.79 Å². The summed E-state index contributed by atoms with van der Waals surface area (Å²) in [5.74, 6) is 1.21. The number of carbonyl (C=O) groups excluding carboxylic acids is 1. The highest BCUT2D eigenvalue weighted by atomic mass is 16.5. The van der Waals surface area contributed by atoms with E-state index in [2.05, 4.69) is 5.32 Å².